The Morgan fingerprint density at radius 3 is 2.65 bits per heavy atom. The Kier molecular flexibility index (Phi) is 8.83. The molecule has 5 heterocycles. The van der Waals surface area contributed by atoms with Crippen molar-refractivity contribution in [3.8, 4) is 18.0 Å². The van der Waals surface area contributed by atoms with Crippen molar-refractivity contribution in [1.29, 1.82) is 10.5 Å². The number of carbonyl (C=O) groups excluding carboxylic acids is 2. The smallest absolute Gasteiger partial charge is 0.246 e. The van der Waals surface area contributed by atoms with Gasteiger partial charge in [0.2, 0.25) is 17.7 Å². The van der Waals surface area contributed by atoms with E-state index in [9.17, 15) is 24.5 Å². The Bertz CT molecular complexity index is 1650. The lowest BCUT2D eigenvalue weighted by molar-refractivity contribution is -0.128. The fourth-order valence-electron chi connectivity index (χ4n) is 7.40. The van der Waals surface area contributed by atoms with Crippen LogP contribution in [-0.2, 0) is 29.0 Å². The van der Waals surface area contributed by atoms with Gasteiger partial charge in [0.25, 0.3) is 0 Å². The summed E-state index contributed by atoms with van der Waals surface area (Å²) < 4.78 is 21.3. The minimum atomic E-state index is -0.372. The van der Waals surface area contributed by atoms with Gasteiger partial charge in [0.05, 0.1) is 47.8 Å². The lowest BCUT2D eigenvalue weighted by Crippen LogP contribution is -2.55. The maximum Gasteiger partial charge on any atom is 0.246 e. The third-order valence-electron chi connectivity index (χ3n) is 9.86. The van der Waals surface area contributed by atoms with Crippen molar-refractivity contribution in [2.45, 2.75) is 57.2 Å². The van der Waals surface area contributed by atoms with Crippen LogP contribution in [0.5, 0.6) is 5.88 Å². The highest BCUT2D eigenvalue weighted by molar-refractivity contribution is 6.00. The number of hydrogen-bond donors (Lipinski definition) is 0. The third kappa shape index (κ3) is 5.74. The summed E-state index contributed by atoms with van der Waals surface area (Å²) in [7, 11) is 3.80. The van der Waals surface area contributed by atoms with E-state index in [0.29, 0.717) is 69.8 Å². The number of nitriles is 2. The van der Waals surface area contributed by atoms with Crippen molar-refractivity contribution in [3.63, 3.8) is 0 Å². The van der Waals surface area contributed by atoms with E-state index in [1.807, 2.05) is 0 Å². The highest BCUT2D eigenvalue weighted by atomic mass is 19.1. The average Bonchev–Trinajstić information content (AvgIpc) is 3.48. The molecule has 2 amide bonds. The van der Waals surface area contributed by atoms with Gasteiger partial charge in [-0.2, -0.15) is 10.5 Å². The third-order valence-corrected chi connectivity index (χ3v) is 9.86. The molecular weight excluding hydrogens is 587 g/mol. The summed E-state index contributed by atoms with van der Waals surface area (Å²) in [6.07, 6.45) is 4.84. The molecule has 2 atom stereocenters. The van der Waals surface area contributed by atoms with Crippen LogP contribution in [0.1, 0.15) is 48.1 Å². The number of hydrogen-bond acceptors (Lipinski definition) is 9. The van der Waals surface area contributed by atoms with Crippen molar-refractivity contribution >= 4 is 28.9 Å². The summed E-state index contributed by atoms with van der Waals surface area (Å²) in [5.41, 5.74) is 4.87. The van der Waals surface area contributed by atoms with E-state index in [0.717, 1.165) is 47.6 Å². The standard InChI is InChI=1S/C34H39FN8O3/c1-4-30(44)43-15-14-42(19-24(43)9-11-36)33-26-10-13-41(29-17-23(35)16-22-7-8-31(45)40(3)32(22)29)20-28(26)38-34(27(33)18-37)46-21-25-6-5-12-39(25)2/h4,16-17,24-25H,1,5-10,12-15,19-21H2,2-3H3/t24-,25-/m0/s1. The van der Waals surface area contributed by atoms with Crippen LogP contribution in [0.4, 0.5) is 21.5 Å². The van der Waals surface area contributed by atoms with Crippen LogP contribution in [0.2, 0.25) is 0 Å². The van der Waals surface area contributed by atoms with Crippen molar-refractivity contribution in [2.24, 2.45) is 0 Å². The molecule has 46 heavy (non-hydrogen) atoms. The fraction of sp³-hybridized carbons (Fsp3) is 0.500. The molecule has 4 aliphatic heterocycles. The molecular formula is C34H39FN8O3. The molecule has 0 saturated carbocycles. The largest absolute Gasteiger partial charge is 0.475 e. The Morgan fingerprint density at radius 2 is 1.93 bits per heavy atom. The van der Waals surface area contributed by atoms with Crippen LogP contribution >= 0.6 is 0 Å². The summed E-state index contributed by atoms with van der Waals surface area (Å²) in [4.78, 5) is 39.9. The molecule has 0 bridgehead atoms. The molecule has 2 aromatic rings. The van der Waals surface area contributed by atoms with Gasteiger partial charge in [-0.05, 0) is 63.0 Å². The maximum atomic E-state index is 14.9. The summed E-state index contributed by atoms with van der Waals surface area (Å²) in [5.74, 6) is -0.325. The van der Waals surface area contributed by atoms with Crippen LogP contribution in [0.25, 0.3) is 0 Å². The van der Waals surface area contributed by atoms with Gasteiger partial charge in [-0.3, -0.25) is 9.59 Å². The molecule has 1 aromatic carbocycles. The number of benzene rings is 1. The van der Waals surface area contributed by atoms with Crippen LogP contribution in [0.15, 0.2) is 24.8 Å². The maximum absolute atomic E-state index is 14.9. The first-order valence-corrected chi connectivity index (χ1v) is 15.9. The molecule has 11 nitrogen and oxygen atoms in total. The Balaban J connectivity index is 1.41. The van der Waals surface area contributed by atoms with Crippen LogP contribution in [-0.4, -0.2) is 92.1 Å². The van der Waals surface area contributed by atoms with E-state index in [-0.39, 0.29) is 42.0 Å². The number of piperazine rings is 1. The summed E-state index contributed by atoms with van der Waals surface area (Å²) in [5, 5.41) is 20.1. The molecule has 0 unspecified atom stereocenters. The lowest BCUT2D eigenvalue weighted by Gasteiger charge is -2.43. The second-order valence-corrected chi connectivity index (χ2v) is 12.5. The molecule has 2 fully saturated rings. The summed E-state index contributed by atoms with van der Waals surface area (Å²) in [6.45, 7) is 7.08. The number of likely N-dealkylation sites (N-methyl/N-ethyl adjacent to an activating group) is 1. The molecule has 0 aliphatic carbocycles. The number of anilines is 3. The van der Waals surface area contributed by atoms with Crippen molar-refractivity contribution in [2.75, 3.05) is 68.1 Å². The van der Waals surface area contributed by atoms with E-state index in [2.05, 4.69) is 40.5 Å². The van der Waals surface area contributed by atoms with Crippen molar-refractivity contribution in [3.05, 3.63) is 53.0 Å². The number of rotatable bonds is 7. The van der Waals surface area contributed by atoms with E-state index in [4.69, 9.17) is 9.72 Å². The summed E-state index contributed by atoms with van der Waals surface area (Å²) >= 11 is 0. The monoisotopic (exact) mass is 626 g/mol. The quantitative estimate of drug-likeness (QED) is 0.427. The van der Waals surface area contributed by atoms with Crippen molar-refractivity contribution in [1.82, 2.24) is 14.8 Å². The topological polar surface area (TPSA) is 120 Å². The van der Waals surface area contributed by atoms with Gasteiger partial charge in [0.1, 0.15) is 24.1 Å². The minimum Gasteiger partial charge on any atom is -0.475 e. The number of aryl methyl sites for hydroxylation is 1. The number of ether oxygens (including phenoxy) is 1. The van der Waals surface area contributed by atoms with Gasteiger partial charge < -0.3 is 29.2 Å². The zero-order valence-electron chi connectivity index (χ0n) is 26.5. The van der Waals surface area contributed by atoms with Crippen LogP contribution in [0.3, 0.4) is 0 Å². The first-order valence-electron chi connectivity index (χ1n) is 15.9. The Morgan fingerprint density at radius 1 is 1.11 bits per heavy atom. The number of amides is 2. The van der Waals surface area contributed by atoms with Gasteiger partial charge in [-0.15, -0.1) is 0 Å². The minimum absolute atomic E-state index is 0.00888. The SMILES string of the molecule is C=CC(=O)N1CCN(c2c(C#N)c(OC[C@@H]3CCCN3C)nc3c2CCN(c2cc(F)cc4c2N(C)C(=O)CC4)C3)C[C@@H]1CC#N. The van der Waals surface area contributed by atoms with Gasteiger partial charge in [0, 0.05) is 51.3 Å². The number of likely N-dealkylation sites (tertiary alicyclic amines) is 1. The highest BCUT2D eigenvalue weighted by Gasteiger charge is 2.36. The zero-order valence-corrected chi connectivity index (χ0v) is 26.5. The molecule has 1 aromatic heterocycles. The molecule has 2 saturated heterocycles. The highest BCUT2D eigenvalue weighted by Crippen LogP contribution is 2.42. The molecule has 240 valence electrons. The number of fused-ring (bicyclic) bond motifs is 2. The fourth-order valence-corrected chi connectivity index (χ4v) is 7.40. The number of nitrogens with zero attached hydrogens (tertiary/aromatic N) is 8. The Labute approximate surface area is 269 Å². The van der Waals surface area contributed by atoms with Gasteiger partial charge in [-0.1, -0.05) is 6.58 Å². The average molecular weight is 627 g/mol. The number of aromatic nitrogens is 1. The summed E-state index contributed by atoms with van der Waals surface area (Å²) in [6, 6.07) is 7.43. The van der Waals surface area contributed by atoms with Crippen LogP contribution < -0.4 is 19.4 Å². The molecule has 0 N–H and O–H groups in total. The first-order chi connectivity index (χ1) is 22.2. The predicted molar refractivity (Wildman–Crippen MR) is 171 cm³/mol. The normalized spacial score (nSPS) is 21.4. The van der Waals surface area contributed by atoms with E-state index in [1.165, 1.54) is 18.2 Å². The van der Waals surface area contributed by atoms with E-state index >= 15 is 0 Å². The van der Waals surface area contributed by atoms with Crippen LogP contribution in [0, 0.1) is 28.5 Å². The van der Waals surface area contributed by atoms with E-state index in [1.54, 1.807) is 16.8 Å². The first kappa shape index (κ1) is 31.3. The Hall–Kier alpha value is -4.68. The zero-order chi connectivity index (χ0) is 32.5. The molecule has 0 radical (unpaired) electrons. The van der Waals surface area contributed by atoms with Gasteiger partial charge in [-0.25, -0.2) is 9.37 Å². The number of halogens is 1. The second-order valence-electron chi connectivity index (χ2n) is 12.5. The van der Waals surface area contributed by atoms with Crippen molar-refractivity contribution < 1.29 is 18.7 Å². The second kappa shape index (κ2) is 13.0. The number of carbonyl (C=O) groups is 2. The molecule has 4 aliphatic rings. The molecule has 12 heteroatoms. The number of pyridine rings is 1. The van der Waals surface area contributed by atoms with Gasteiger partial charge >= 0.3 is 0 Å². The molecule has 6 rings (SSSR count). The van der Waals surface area contributed by atoms with Gasteiger partial charge in [0.15, 0.2) is 0 Å². The lowest BCUT2D eigenvalue weighted by atomic mass is 9.95. The predicted octanol–water partition coefficient (Wildman–Crippen LogP) is 3.15. The molecule has 0 spiro atoms. The van der Waals surface area contributed by atoms with E-state index < -0.39 is 0 Å².